The number of aryl methyl sites for hydroxylation is 1. The second-order valence-electron chi connectivity index (χ2n) is 3.59. The van der Waals surface area contributed by atoms with Crippen molar-refractivity contribution in [2.75, 3.05) is 5.73 Å². The molecule has 0 amide bonds. The van der Waals surface area contributed by atoms with Gasteiger partial charge in [-0.1, -0.05) is 6.07 Å². The summed E-state index contributed by atoms with van der Waals surface area (Å²) < 4.78 is 1.99. The third-order valence-corrected chi connectivity index (χ3v) is 3.39. The first-order chi connectivity index (χ1) is 7.77. The molecular weight excluding hydrogens is 220 g/mol. The molecule has 80 valence electrons. The SMILES string of the molecule is Cc1ccc(N)c2nnc(-c3cccs3)n12. The maximum Gasteiger partial charge on any atom is 0.184 e. The minimum atomic E-state index is 0.654. The van der Waals surface area contributed by atoms with Gasteiger partial charge in [0.05, 0.1) is 10.6 Å². The first-order valence-corrected chi connectivity index (χ1v) is 5.79. The van der Waals surface area contributed by atoms with Crippen molar-refractivity contribution >= 4 is 22.7 Å². The summed E-state index contributed by atoms with van der Waals surface area (Å²) in [4.78, 5) is 1.10. The predicted molar refractivity (Wildman–Crippen MR) is 65.4 cm³/mol. The van der Waals surface area contributed by atoms with Gasteiger partial charge in [0.1, 0.15) is 0 Å². The topological polar surface area (TPSA) is 56.2 Å². The van der Waals surface area contributed by atoms with E-state index in [4.69, 9.17) is 5.73 Å². The number of aromatic nitrogens is 3. The van der Waals surface area contributed by atoms with Crippen LogP contribution in [0, 0.1) is 6.92 Å². The number of hydrogen-bond donors (Lipinski definition) is 1. The monoisotopic (exact) mass is 230 g/mol. The van der Waals surface area contributed by atoms with E-state index in [1.807, 2.05) is 41.0 Å². The van der Waals surface area contributed by atoms with Gasteiger partial charge in [0, 0.05) is 5.69 Å². The molecule has 0 spiro atoms. The normalized spacial score (nSPS) is 11.1. The van der Waals surface area contributed by atoms with Crippen LogP contribution >= 0.6 is 11.3 Å². The highest BCUT2D eigenvalue weighted by molar-refractivity contribution is 7.13. The molecular formula is C11H10N4S. The fraction of sp³-hybridized carbons (Fsp3) is 0.0909. The maximum atomic E-state index is 5.87. The summed E-state index contributed by atoms with van der Waals surface area (Å²) in [6, 6.07) is 7.87. The van der Waals surface area contributed by atoms with Crippen molar-refractivity contribution in [3.63, 3.8) is 0 Å². The van der Waals surface area contributed by atoms with Gasteiger partial charge in [0.25, 0.3) is 0 Å². The van der Waals surface area contributed by atoms with Gasteiger partial charge in [-0.25, -0.2) is 0 Å². The van der Waals surface area contributed by atoms with Crippen molar-refractivity contribution in [1.29, 1.82) is 0 Å². The molecule has 0 aliphatic rings. The highest BCUT2D eigenvalue weighted by atomic mass is 32.1. The second kappa shape index (κ2) is 3.31. The molecule has 0 aliphatic heterocycles. The average Bonchev–Trinajstić information content (AvgIpc) is 2.90. The minimum absolute atomic E-state index is 0.654. The van der Waals surface area contributed by atoms with Crippen LogP contribution in [-0.4, -0.2) is 14.6 Å². The van der Waals surface area contributed by atoms with Crippen molar-refractivity contribution < 1.29 is 0 Å². The number of anilines is 1. The fourth-order valence-corrected chi connectivity index (χ4v) is 2.43. The highest BCUT2D eigenvalue weighted by Gasteiger charge is 2.12. The van der Waals surface area contributed by atoms with E-state index in [0.29, 0.717) is 5.69 Å². The van der Waals surface area contributed by atoms with Crippen LogP contribution in [0.2, 0.25) is 0 Å². The van der Waals surface area contributed by atoms with E-state index in [2.05, 4.69) is 10.2 Å². The first kappa shape index (κ1) is 9.35. The molecule has 2 N–H and O–H groups in total. The quantitative estimate of drug-likeness (QED) is 0.698. The van der Waals surface area contributed by atoms with Crippen LogP contribution < -0.4 is 5.73 Å². The molecule has 0 atom stereocenters. The lowest BCUT2D eigenvalue weighted by Gasteiger charge is -2.03. The van der Waals surface area contributed by atoms with Crippen LogP contribution in [0.3, 0.4) is 0 Å². The summed E-state index contributed by atoms with van der Waals surface area (Å²) >= 11 is 1.65. The van der Waals surface area contributed by atoms with Gasteiger partial charge in [-0.3, -0.25) is 4.40 Å². The van der Waals surface area contributed by atoms with Gasteiger partial charge in [-0.05, 0) is 30.5 Å². The molecule has 0 aliphatic carbocycles. The number of thiophene rings is 1. The van der Waals surface area contributed by atoms with Gasteiger partial charge in [0.2, 0.25) is 0 Å². The Labute approximate surface area is 96.4 Å². The summed E-state index contributed by atoms with van der Waals surface area (Å²) in [6.07, 6.45) is 0. The van der Waals surface area contributed by atoms with E-state index in [-0.39, 0.29) is 0 Å². The number of fused-ring (bicyclic) bond motifs is 1. The Morgan fingerprint density at radius 1 is 1.25 bits per heavy atom. The number of rotatable bonds is 1. The Bertz CT molecular complexity index is 639. The third kappa shape index (κ3) is 1.22. The Morgan fingerprint density at radius 2 is 2.12 bits per heavy atom. The molecule has 0 fully saturated rings. The predicted octanol–water partition coefficient (Wildman–Crippen LogP) is 2.35. The number of nitrogens with zero attached hydrogens (tertiary/aromatic N) is 3. The van der Waals surface area contributed by atoms with Gasteiger partial charge < -0.3 is 5.73 Å². The summed E-state index contributed by atoms with van der Waals surface area (Å²) in [5, 5.41) is 10.4. The average molecular weight is 230 g/mol. The summed E-state index contributed by atoms with van der Waals surface area (Å²) in [5.74, 6) is 0.856. The first-order valence-electron chi connectivity index (χ1n) is 4.91. The van der Waals surface area contributed by atoms with Gasteiger partial charge >= 0.3 is 0 Å². The zero-order valence-corrected chi connectivity index (χ0v) is 9.53. The molecule has 0 bridgehead atoms. The van der Waals surface area contributed by atoms with E-state index in [1.165, 1.54) is 0 Å². The Hall–Kier alpha value is -1.88. The molecule has 3 aromatic rings. The van der Waals surface area contributed by atoms with Crippen LogP contribution in [-0.2, 0) is 0 Å². The lowest BCUT2D eigenvalue weighted by molar-refractivity contribution is 1.08. The summed E-state index contributed by atoms with van der Waals surface area (Å²) in [6.45, 7) is 2.02. The van der Waals surface area contributed by atoms with Crippen molar-refractivity contribution in [3.05, 3.63) is 35.3 Å². The molecule has 3 rings (SSSR count). The number of nitrogens with two attached hydrogens (primary N) is 1. The standard InChI is InChI=1S/C11H10N4S/c1-7-4-5-8(12)10-13-14-11(15(7)10)9-3-2-6-16-9/h2-6H,12H2,1H3. The molecule has 0 saturated heterocycles. The minimum Gasteiger partial charge on any atom is -0.396 e. The summed E-state index contributed by atoms with van der Waals surface area (Å²) in [7, 11) is 0. The van der Waals surface area contributed by atoms with Crippen molar-refractivity contribution in [3.8, 4) is 10.7 Å². The zero-order valence-electron chi connectivity index (χ0n) is 8.71. The Balaban J connectivity index is 2.40. The number of nitrogen functional groups attached to an aromatic ring is 1. The molecule has 3 aromatic heterocycles. The maximum absolute atomic E-state index is 5.87. The van der Waals surface area contributed by atoms with Gasteiger partial charge in [-0.2, -0.15) is 0 Å². The van der Waals surface area contributed by atoms with E-state index >= 15 is 0 Å². The van der Waals surface area contributed by atoms with Crippen LogP contribution in [0.15, 0.2) is 29.6 Å². The summed E-state index contributed by atoms with van der Waals surface area (Å²) in [5.41, 5.74) is 8.33. The van der Waals surface area contributed by atoms with Gasteiger partial charge in [0.15, 0.2) is 11.5 Å². The molecule has 0 aromatic carbocycles. The molecule has 5 heteroatoms. The largest absolute Gasteiger partial charge is 0.396 e. The lowest BCUT2D eigenvalue weighted by Crippen LogP contribution is -1.97. The Morgan fingerprint density at radius 3 is 2.88 bits per heavy atom. The van der Waals surface area contributed by atoms with Crippen molar-refractivity contribution in [2.24, 2.45) is 0 Å². The van der Waals surface area contributed by atoms with E-state index in [0.717, 1.165) is 22.0 Å². The van der Waals surface area contributed by atoms with Crippen molar-refractivity contribution in [1.82, 2.24) is 14.6 Å². The third-order valence-electron chi connectivity index (χ3n) is 2.52. The van der Waals surface area contributed by atoms with Crippen LogP contribution in [0.1, 0.15) is 5.69 Å². The lowest BCUT2D eigenvalue weighted by atomic mass is 10.3. The van der Waals surface area contributed by atoms with Gasteiger partial charge in [-0.15, -0.1) is 21.5 Å². The molecule has 3 heterocycles. The van der Waals surface area contributed by atoms with E-state index in [9.17, 15) is 0 Å². The van der Waals surface area contributed by atoms with E-state index < -0.39 is 0 Å². The van der Waals surface area contributed by atoms with Crippen LogP contribution in [0.5, 0.6) is 0 Å². The highest BCUT2D eigenvalue weighted by Crippen LogP contribution is 2.26. The van der Waals surface area contributed by atoms with Crippen molar-refractivity contribution in [2.45, 2.75) is 6.92 Å². The fourth-order valence-electron chi connectivity index (χ4n) is 1.73. The smallest absolute Gasteiger partial charge is 0.184 e. The number of hydrogen-bond acceptors (Lipinski definition) is 4. The molecule has 16 heavy (non-hydrogen) atoms. The molecule has 0 radical (unpaired) electrons. The number of pyridine rings is 1. The zero-order chi connectivity index (χ0) is 11.1. The molecule has 0 saturated carbocycles. The molecule has 4 nitrogen and oxygen atoms in total. The van der Waals surface area contributed by atoms with E-state index in [1.54, 1.807) is 11.3 Å². The Kier molecular flexibility index (Phi) is 1.94. The second-order valence-corrected chi connectivity index (χ2v) is 4.54. The van der Waals surface area contributed by atoms with Crippen LogP contribution in [0.25, 0.3) is 16.3 Å². The molecule has 0 unspecified atom stereocenters. The van der Waals surface area contributed by atoms with Crippen LogP contribution in [0.4, 0.5) is 5.69 Å².